The highest BCUT2D eigenvalue weighted by Crippen LogP contribution is 2.19. The zero-order valence-corrected chi connectivity index (χ0v) is 13.9. The molecule has 1 fully saturated rings. The highest BCUT2D eigenvalue weighted by molar-refractivity contribution is 7.88. The largest absolute Gasteiger partial charge is 0.478 e. The number of carbonyl (C=O) groups excluding carboxylic acids is 1. The number of aryl methyl sites for hydroxylation is 1. The quantitative estimate of drug-likeness (QED) is 0.859. The van der Waals surface area contributed by atoms with Crippen LogP contribution in [0.2, 0.25) is 0 Å². The second kappa shape index (κ2) is 6.71. The lowest BCUT2D eigenvalue weighted by Crippen LogP contribution is -2.36. The van der Waals surface area contributed by atoms with Crippen LogP contribution in [0.15, 0.2) is 10.5 Å². The van der Waals surface area contributed by atoms with Gasteiger partial charge in [0.1, 0.15) is 11.3 Å². The van der Waals surface area contributed by atoms with Crippen molar-refractivity contribution in [3.05, 3.63) is 23.2 Å². The lowest BCUT2D eigenvalue weighted by molar-refractivity contribution is 0.0691. The molecule has 0 spiro atoms. The second-order valence-electron chi connectivity index (χ2n) is 5.41. The van der Waals surface area contributed by atoms with E-state index < -0.39 is 21.9 Å². The molecule has 0 unspecified atom stereocenters. The fourth-order valence-electron chi connectivity index (χ4n) is 2.56. The highest BCUT2D eigenvalue weighted by Gasteiger charge is 2.27. The Balaban J connectivity index is 2.16. The number of hydrogen-bond acceptors (Lipinski definition) is 5. The standard InChI is InChI=1S/C14H20N2O6S/c1-3-11-10(14(18)19)9-12(22-11)13(17)15-5-4-6-16(8-7-15)23(2,20)21/h9H,3-8H2,1-2H3,(H,18,19). The minimum absolute atomic E-state index is 0.0107. The highest BCUT2D eigenvalue weighted by atomic mass is 32.2. The van der Waals surface area contributed by atoms with Crippen LogP contribution in [0.5, 0.6) is 0 Å². The predicted molar refractivity (Wildman–Crippen MR) is 82.0 cm³/mol. The van der Waals surface area contributed by atoms with Crippen LogP contribution in [-0.2, 0) is 16.4 Å². The van der Waals surface area contributed by atoms with Crippen LogP contribution >= 0.6 is 0 Å². The van der Waals surface area contributed by atoms with Gasteiger partial charge in [0.05, 0.1) is 6.26 Å². The summed E-state index contributed by atoms with van der Waals surface area (Å²) in [7, 11) is -3.29. The molecule has 1 saturated heterocycles. The van der Waals surface area contributed by atoms with Gasteiger partial charge in [-0.1, -0.05) is 6.92 Å². The number of sulfonamides is 1. The van der Waals surface area contributed by atoms with E-state index in [9.17, 15) is 18.0 Å². The normalized spacial score (nSPS) is 17.0. The van der Waals surface area contributed by atoms with Gasteiger partial charge in [-0.3, -0.25) is 4.79 Å². The molecule has 1 N–H and O–H groups in total. The SMILES string of the molecule is CCc1oc(C(=O)N2CCCN(S(C)(=O)=O)CC2)cc1C(=O)O. The fourth-order valence-corrected chi connectivity index (χ4v) is 3.44. The molecule has 0 saturated carbocycles. The van der Waals surface area contributed by atoms with Crippen molar-refractivity contribution in [1.29, 1.82) is 0 Å². The maximum atomic E-state index is 12.5. The number of rotatable bonds is 4. The first-order valence-corrected chi connectivity index (χ1v) is 9.19. The Kier molecular flexibility index (Phi) is 5.10. The van der Waals surface area contributed by atoms with E-state index >= 15 is 0 Å². The second-order valence-corrected chi connectivity index (χ2v) is 7.40. The maximum absolute atomic E-state index is 12.5. The topological polar surface area (TPSA) is 108 Å². The first-order chi connectivity index (χ1) is 10.7. The van der Waals surface area contributed by atoms with Crippen LogP contribution in [0.4, 0.5) is 0 Å². The summed E-state index contributed by atoms with van der Waals surface area (Å²) < 4.78 is 29.9. The van der Waals surface area contributed by atoms with E-state index in [4.69, 9.17) is 9.52 Å². The molecule has 2 rings (SSSR count). The average molecular weight is 344 g/mol. The van der Waals surface area contributed by atoms with Crippen LogP contribution in [0.25, 0.3) is 0 Å². The number of carboxylic acids is 1. The third-order valence-electron chi connectivity index (χ3n) is 3.78. The third kappa shape index (κ3) is 3.91. The van der Waals surface area contributed by atoms with Crippen molar-refractivity contribution in [3.63, 3.8) is 0 Å². The van der Waals surface area contributed by atoms with Crippen LogP contribution in [0.1, 0.15) is 40.0 Å². The number of amides is 1. The molecule has 2 heterocycles. The van der Waals surface area contributed by atoms with Crippen molar-refractivity contribution in [3.8, 4) is 0 Å². The van der Waals surface area contributed by atoms with E-state index in [2.05, 4.69) is 0 Å². The van der Waals surface area contributed by atoms with Crippen LogP contribution in [0, 0.1) is 0 Å². The molecule has 23 heavy (non-hydrogen) atoms. The lowest BCUT2D eigenvalue weighted by Gasteiger charge is -2.19. The molecular formula is C14H20N2O6S. The molecule has 1 aliphatic rings. The Morgan fingerprint density at radius 3 is 2.48 bits per heavy atom. The van der Waals surface area contributed by atoms with E-state index in [0.717, 1.165) is 6.26 Å². The third-order valence-corrected chi connectivity index (χ3v) is 5.09. The molecule has 1 amide bonds. The molecule has 0 aromatic carbocycles. The molecule has 1 aromatic rings. The van der Waals surface area contributed by atoms with Gasteiger partial charge in [0.25, 0.3) is 5.91 Å². The monoisotopic (exact) mass is 344 g/mol. The molecule has 0 aliphatic carbocycles. The van der Waals surface area contributed by atoms with Crippen LogP contribution in [0.3, 0.4) is 0 Å². The Labute approximate surface area is 134 Å². The summed E-state index contributed by atoms with van der Waals surface area (Å²) in [6.07, 6.45) is 2.03. The molecule has 0 atom stereocenters. The molecule has 0 radical (unpaired) electrons. The first kappa shape index (κ1) is 17.5. The number of hydrogen-bond donors (Lipinski definition) is 1. The minimum Gasteiger partial charge on any atom is -0.478 e. The Hall–Kier alpha value is -1.87. The van der Waals surface area contributed by atoms with E-state index in [1.807, 2.05) is 0 Å². The summed E-state index contributed by atoms with van der Waals surface area (Å²) >= 11 is 0. The molecule has 0 bridgehead atoms. The van der Waals surface area contributed by atoms with Crippen molar-refractivity contribution in [1.82, 2.24) is 9.21 Å². The summed E-state index contributed by atoms with van der Waals surface area (Å²) in [5, 5.41) is 9.11. The summed E-state index contributed by atoms with van der Waals surface area (Å²) in [6, 6.07) is 1.24. The van der Waals surface area contributed by atoms with Crippen molar-refractivity contribution >= 4 is 21.9 Å². The van der Waals surface area contributed by atoms with Crippen molar-refractivity contribution < 1.29 is 27.5 Å². The Bertz CT molecular complexity index is 709. The van der Waals surface area contributed by atoms with Crippen LogP contribution in [-0.4, -0.2) is 67.0 Å². The average Bonchev–Trinajstić information content (AvgIpc) is 2.74. The number of aromatic carboxylic acids is 1. The molecule has 8 nitrogen and oxygen atoms in total. The van der Waals surface area contributed by atoms with Gasteiger partial charge in [0.15, 0.2) is 5.76 Å². The van der Waals surface area contributed by atoms with Gasteiger partial charge in [-0.05, 0) is 6.42 Å². The van der Waals surface area contributed by atoms with Crippen molar-refractivity contribution in [2.24, 2.45) is 0 Å². The van der Waals surface area contributed by atoms with Gasteiger partial charge in [-0.15, -0.1) is 0 Å². The molecule has 1 aliphatic heterocycles. The minimum atomic E-state index is -3.29. The lowest BCUT2D eigenvalue weighted by atomic mass is 10.2. The summed E-state index contributed by atoms with van der Waals surface area (Å²) in [5.74, 6) is -1.31. The van der Waals surface area contributed by atoms with E-state index in [-0.39, 0.29) is 30.2 Å². The van der Waals surface area contributed by atoms with E-state index in [1.165, 1.54) is 15.3 Å². The zero-order chi connectivity index (χ0) is 17.2. The van der Waals surface area contributed by atoms with Crippen molar-refractivity contribution in [2.45, 2.75) is 19.8 Å². The van der Waals surface area contributed by atoms with Crippen molar-refractivity contribution in [2.75, 3.05) is 32.4 Å². The number of nitrogens with zero attached hydrogens (tertiary/aromatic N) is 2. The molecule has 128 valence electrons. The van der Waals surface area contributed by atoms with Crippen LogP contribution < -0.4 is 0 Å². The Morgan fingerprint density at radius 1 is 1.26 bits per heavy atom. The Morgan fingerprint density at radius 2 is 1.96 bits per heavy atom. The molecule has 9 heteroatoms. The number of carboxylic acid groups (broad SMARTS) is 1. The van der Waals surface area contributed by atoms with Gasteiger partial charge < -0.3 is 14.4 Å². The summed E-state index contributed by atoms with van der Waals surface area (Å²) in [6.45, 7) is 2.97. The van der Waals surface area contributed by atoms with E-state index in [0.29, 0.717) is 25.9 Å². The number of furan rings is 1. The fraction of sp³-hybridized carbons (Fsp3) is 0.571. The maximum Gasteiger partial charge on any atom is 0.339 e. The van der Waals surface area contributed by atoms with Gasteiger partial charge in [-0.2, -0.15) is 0 Å². The number of carbonyl (C=O) groups is 2. The molecule has 1 aromatic heterocycles. The van der Waals surface area contributed by atoms with Gasteiger partial charge >= 0.3 is 5.97 Å². The van der Waals surface area contributed by atoms with Gasteiger partial charge in [0.2, 0.25) is 10.0 Å². The summed E-state index contributed by atoms with van der Waals surface area (Å²) in [5.41, 5.74) is -0.0107. The summed E-state index contributed by atoms with van der Waals surface area (Å²) in [4.78, 5) is 25.1. The van der Waals surface area contributed by atoms with E-state index in [1.54, 1.807) is 6.92 Å². The van der Waals surface area contributed by atoms with Gasteiger partial charge in [0, 0.05) is 38.7 Å². The zero-order valence-electron chi connectivity index (χ0n) is 13.1. The predicted octanol–water partition coefficient (Wildman–Crippen LogP) is 0.648. The van der Waals surface area contributed by atoms with Gasteiger partial charge in [-0.25, -0.2) is 17.5 Å². The smallest absolute Gasteiger partial charge is 0.339 e. The molecular weight excluding hydrogens is 324 g/mol. The first-order valence-electron chi connectivity index (χ1n) is 7.34.